The topological polar surface area (TPSA) is 57.5 Å². The van der Waals surface area contributed by atoms with Crippen LogP contribution in [0.25, 0.3) is 0 Å². The lowest BCUT2D eigenvalue weighted by Crippen LogP contribution is -2.39. The van der Waals surface area contributed by atoms with Gasteiger partial charge in [-0.1, -0.05) is 30.3 Å². The van der Waals surface area contributed by atoms with Gasteiger partial charge < -0.3 is 10.2 Å². The number of hydrogen-bond donors (Lipinski definition) is 2. The van der Waals surface area contributed by atoms with E-state index in [4.69, 9.17) is 5.11 Å². The first-order valence-corrected chi connectivity index (χ1v) is 4.92. The van der Waals surface area contributed by atoms with Crippen LogP contribution in [0, 0.1) is 5.92 Å². The van der Waals surface area contributed by atoms with Crippen molar-refractivity contribution in [1.82, 2.24) is 0 Å². The number of rotatable bonds is 4. The fourth-order valence-electron chi connectivity index (χ4n) is 1.43. The monoisotopic (exact) mass is 208 g/mol. The van der Waals surface area contributed by atoms with Gasteiger partial charge in [0, 0.05) is 6.42 Å². The molecule has 3 nitrogen and oxygen atoms in total. The van der Waals surface area contributed by atoms with Gasteiger partial charge in [-0.15, -0.1) is 0 Å². The Hall–Kier alpha value is -1.35. The summed E-state index contributed by atoms with van der Waals surface area (Å²) in [6, 6.07) is 9.39. The first kappa shape index (κ1) is 11.7. The lowest BCUT2D eigenvalue weighted by molar-refractivity contribution is -0.149. The van der Waals surface area contributed by atoms with Crippen molar-refractivity contribution in [1.29, 1.82) is 0 Å². The molecule has 0 saturated carbocycles. The smallest absolute Gasteiger partial charge is 0.309 e. The van der Waals surface area contributed by atoms with Crippen molar-refractivity contribution in [3.05, 3.63) is 35.9 Å². The number of carboxylic acid groups (broad SMARTS) is 1. The Bertz CT molecular complexity index is 330. The second kappa shape index (κ2) is 4.45. The second-order valence-corrected chi connectivity index (χ2v) is 4.08. The summed E-state index contributed by atoms with van der Waals surface area (Å²) in [5.41, 5.74) is -0.275. The van der Waals surface area contributed by atoms with E-state index in [9.17, 15) is 9.90 Å². The van der Waals surface area contributed by atoms with Gasteiger partial charge in [0.1, 0.15) is 0 Å². The van der Waals surface area contributed by atoms with E-state index in [1.165, 1.54) is 6.92 Å². The van der Waals surface area contributed by atoms with Gasteiger partial charge in [-0.2, -0.15) is 0 Å². The van der Waals surface area contributed by atoms with Crippen LogP contribution in [0.3, 0.4) is 0 Å². The zero-order valence-electron chi connectivity index (χ0n) is 8.97. The Labute approximate surface area is 89.4 Å². The van der Waals surface area contributed by atoms with Gasteiger partial charge in [-0.3, -0.25) is 4.79 Å². The van der Waals surface area contributed by atoms with E-state index >= 15 is 0 Å². The molecule has 2 N–H and O–H groups in total. The first-order chi connectivity index (χ1) is 6.93. The SMILES string of the molecule is CC(C(=O)O)C(C)(O)Cc1ccccc1. The minimum Gasteiger partial charge on any atom is -0.481 e. The Morgan fingerprint density at radius 3 is 2.40 bits per heavy atom. The molecule has 0 fully saturated rings. The molecule has 0 aliphatic heterocycles. The number of benzene rings is 1. The van der Waals surface area contributed by atoms with Gasteiger partial charge in [0.15, 0.2) is 0 Å². The van der Waals surface area contributed by atoms with E-state index in [0.29, 0.717) is 6.42 Å². The molecule has 0 radical (unpaired) electrons. The summed E-state index contributed by atoms with van der Waals surface area (Å²) < 4.78 is 0. The highest BCUT2D eigenvalue weighted by Gasteiger charge is 2.33. The predicted octanol–water partition coefficient (Wildman–Crippen LogP) is 1.70. The molecule has 0 saturated heterocycles. The molecule has 1 aromatic rings. The summed E-state index contributed by atoms with van der Waals surface area (Å²) in [5.74, 6) is -1.76. The predicted molar refractivity (Wildman–Crippen MR) is 57.6 cm³/mol. The molecular formula is C12H16O3. The van der Waals surface area contributed by atoms with Crippen LogP contribution in [0.5, 0.6) is 0 Å². The van der Waals surface area contributed by atoms with Gasteiger partial charge in [-0.25, -0.2) is 0 Å². The Kier molecular flexibility index (Phi) is 3.48. The van der Waals surface area contributed by atoms with Gasteiger partial charge >= 0.3 is 5.97 Å². The lowest BCUT2D eigenvalue weighted by Gasteiger charge is -2.27. The Morgan fingerprint density at radius 1 is 1.40 bits per heavy atom. The number of aliphatic hydroxyl groups is 1. The average molecular weight is 208 g/mol. The summed E-state index contributed by atoms with van der Waals surface area (Å²) in [6.45, 7) is 3.07. The molecule has 2 unspecified atom stereocenters. The first-order valence-electron chi connectivity index (χ1n) is 4.92. The highest BCUT2D eigenvalue weighted by Crippen LogP contribution is 2.22. The van der Waals surface area contributed by atoms with Gasteiger partial charge in [0.25, 0.3) is 0 Å². The molecule has 0 aliphatic carbocycles. The molecular weight excluding hydrogens is 192 g/mol. The van der Waals surface area contributed by atoms with Crippen molar-refractivity contribution in [2.45, 2.75) is 25.9 Å². The Balaban J connectivity index is 2.76. The van der Waals surface area contributed by atoms with Crippen LogP contribution < -0.4 is 0 Å². The maximum Gasteiger partial charge on any atom is 0.309 e. The molecule has 0 amide bonds. The molecule has 0 spiro atoms. The quantitative estimate of drug-likeness (QED) is 0.791. The summed E-state index contributed by atoms with van der Waals surface area (Å²) >= 11 is 0. The molecule has 1 rings (SSSR count). The maximum absolute atomic E-state index is 10.8. The number of hydrogen-bond acceptors (Lipinski definition) is 2. The van der Waals surface area contributed by atoms with Gasteiger partial charge in [-0.05, 0) is 19.4 Å². The van der Waals surface area contributed by atoms with Gasteiger partial charge in [0.2, 0.25) is 0 Å². The van der Waals surface area contributed by atoms with Crippen LogP contribution in [-0.4, -0.2) is 21.8 Å². The molecule has 0 aromatic heterocycles. The van der Waals surface area contributed by atoms with E-state index < -0.39 is 17.5 Å². The summed E-state index contributed by atoms with van der Waals surface area (Å²) in [5, 5.41) is 18.9. The van der Waals surface area contributed by atoms with E-state index in [1.807, 2.05) is 30.3 Å². The normalized spacial score (nSPS) is 16.7. The minimum absolute atomic E-state index is 0.349. The number of aliphatic carboxylic acids is 1. The zero-order valence-corrected chi connectivity index (χ0v) is 8.97. The zero-order chi connectivity index (χ0) is 11.5. The third-order valence-corrected chi connectivity index (χ3v) is 2.71. The second-order valence-electron chi connectivity index (χ2n) is 4.08. The highest BCUT2D eigenvalue weighted by atomic mass is 16.4. The van der Waals surface area contributed by atoms with Crippen LogP contribution in [0.1, 0.15) is 19.4 Å². The maximum atomic E-state index is 10.8. The van der Waals surface area contributed by atoms with Crippen molar-refractivity contribution < 1.29 is 15.0 Å². The summed E-state index contributed by atoms with van der Waals surface area (Å²) in [6.07, 6.45) is 0.349. The molecule has 2 atom stereocenters. The minimum atomic E-state index is -1.22. The molecule has 3 heteroatoms. The van der Waals surface area contributed by atoms with Crippen molar-refractivity contribution in [2.75, 3.05) is 0 Å². The van der Waals surface area contributed by atoms with Crippen LogP contribution in [0.15, 0.2) is 30.3 Å². The van der Waals surface area contributed by atoms with Crippen LogP contribution in [0.2, 0.25) is 0 Å². The van der Waals surface area contributed by atoms with Gasteiger partial charge in [0.05, 0.1) is 11.5 Å². The third-order valence-electron chi connectivity index (χ3n) is 2.71. The van der Waals surface area contributed by atoms with Crippen molar-refractivity contribution >= 4 is 5.97 Å². The number of carboxylic acids is 1. The highest BCUT2D eigenvalue weighted by molar-refractivity contribution is 5.71. The molecule has 0 bridgehead atoms. The molecule has 1 aromatic carbocycles. The van der Waals surface area contributed by atoms with E-state index in [2.05, 4.69) is 0 Å². The van der Waals surface area contributed by atoms with Crippen LogP contribution >= 0.6 is 0 Å². The van der Waals surface area contributed by atoms with Crippen molar-refractivity contribution in [3.8, 4) is 0 Å². The fraction of sp³-hybridized carbons (Fsp3) is 0.417. The molecule has 0 aliphatic rings. The van der Waals surface area contributed by atoms with Crippen LogP contribution in [0.4, 0.5) is 0 Å². The third kappa shape index (κ3) is 3.06. The lowest BCUT2D eigenvalue weighted by atomic mass is 9.85. The van der Waals surface area contributed by atoms with Crippen molar-refractivity contribution in [3.63, 3.8) is 0 Å². The van der Waals surface area contributed by atoms with E-state index in [-0.39, 0.29) is 0 Å². The Morgan fingerprint density at radius 2 is 1.93 bits per heavy atom. The largest absolute Gasteiger partial charge is 0.481 e. The van der Waals surface area contributed by atoms with E-state index in [0.717, 1.165) is 5.56 Å². The summed E-state index contributed by atoms with van der Waals surface area (Å²) in [4.78, 5) is 10.8. The fourth-order valence-corrected chi connectivity index (χ4v) is 1.43. The number of carbonyl (C=O) groups is 1. The van der Waals surface area contributed by atoms with Crippen molar-refractivity contribution in [2.24, 2.45) is 5.92 Å². The summed E-state index contributed by atoms with van der Waals surface area (Å²) in [7, 11) is 0. The molecule has 15 heavy (non-hydrogen) atoms. The van der Waals surface area contributed by atoms with E-state index in [1.54, 1.807) is 6.92 Å². The van der Waals surface area contributed by atoms with Crippen LogP contribution in [-0.2, 0) is 11.2 Å². The standard InChI is InChI=1S/C12H16O3/c1-9(11(13)14)12(2,15)8-10-6-4-3-5-7-10/h3-7,9,15H,8H2,1-2H3,(H,13,14). The average Bonchev–Trinajstić information content (AvgIpc) is 2.17. The molecule has 82 valence electrons. The molecule has 0 heterocycles.